The number of benzene rings is 2. The highest BCUT2D eigenvalue weighted by Gasteiger charge is 2.20. The summed E-state index contributed by atoms with van der Waals surface area (Å²) in [5.74, 6) is -0.216. The Balaban J connectivity index is 2.21. The Morgan fingerprint density at radius 2 is 1.85 bits per heavy atom. The van der Waals surface area contributed by atoms with Crippen LogP contribution < -0.4 is 5.32 Å². The third-order valence-corrected chi connectivity index (χ3v) is 3.27. The fraction of sp³-hybridized carbons (Fsp3) is 0.353. The third-order valence-electron chi connectivity index (χ3n) is 3.27. The summed E-state index contributed by atoms with van der Waals surface area (Å²) in [7, 11) is 1.43. The number of hydrogen-bond donors (Lipinski definition) is 1. The number of methoxy groups -OCH3 is 1. The van der Waals surface area contributed by atoms with Crippen LogP contribution in [0.1, 0.15) is 19.4 Å². The first-order valence-corrected chi connectivity index (χ1v) is 6.91. The van der Waals surface area contributed by atoms with Crippen molar-refractivity contribution < 1.29 is 9.53 Å². The molecule has 0 saturated heterocycles. The van der Waals surface area contributed by atoms with Crippen LogP contribution in [0, 0.1) is 0 Å². The number of carbonyl (C=O) groups excluding carboxylic acids is 1. The minimum absolute atomic E-state index is 0.216. The summed E-state index contributed by atoms with van der Waals surface area (Å²) in [6.07, 6.45) is 0.635. The van der Waals surface area contributed by atoms with E-state index >= 15 is 0 Å². The van der Waals surface area contributed by atoms with E-state index in [0.717, 1.165) is 5.56 Å². The van der Waals surface area contributed by atoms with Gasteiger partial charge in [0.1, 0.15) is 6.04 Å². The molecule has 2 rings (SSSR count). The van der Waals surface area contributed by atoms with Gasteiger partial charge in [0.15, 0.2) is 0 Å². The summed E-state index contributed by atoms with van der Waals surface area (Å²) in [5.41, 5.74) is 1.13. The van der Waals surface area contributed by atoms with E-state index in [9.17, 15) is 4.79 Å². The van der Waals surface area contributed by atoms with Gasteiger partial charge >= 0.3 is 5.97 Å². The van der Waals surface area contributed by atoms with Gasteiger partial charge in [0.2, 0.25) is 0 Å². The second-order valence-electron chi connectivity index (χ2n) is 5.28. The molecule has 0 aliphatic rings. The zero-order chi connectivity index (χ0) is 14.5. The number of nitrogens with one attached hydrogen (secondary N) is 1. The van der Waals surface area contributed by atoms with Crippen LogP contribution in [0.4, 0.5) is 0 Å². The van der Waals surface area contributed by atoms with E-state index in [2.05, 4.69) is 35.6 Å². The predicted octanol–water partition coefficient (Wildman–Crippen LogP) is 2.92. The predicted molar refractivity (Wildman–Crippen MR) is 81.7 cm³/mol. The highest BCUT2D eigenvalue weighted by Crippen LogP contribution is 2.17. The molecular weight excluding hydrogens is 250 g/mol. The minimum atomic E-state index is -0.304. The number of rotatable bonds is 5. The lowest BCUT2D eigenvalue weighted by Crippen LogP contribution is -2.43. The number of ether oxygens (including phenoxy) is 1. The van der Waals surface area contributed by atoms with Gasteiger partial charge in [0.25, 0.3) is 0 Å². The molecule has 3 nitrogen and oxygen atoms in total. The lowest BCUT2D eigenvalue weighted by Gasteiger charge is -2.19. The van der Waals surface area contributed by atoms with Gasteiger partial charge in [-0.1, -0.05) is 56.3 Å². The molecule has 0 unspecified atom stereocenters. The SMILES string of the molecule is COC(=O)[C@H](Cc1ccc2ccccc2c1)NC(C)C. The van der Waals surface area contributed by atoms with Gasteiger partial charge in [-0.2, -0.15) is 0 Å². The van der Waals surface area contributed by atoms with Crippen LogP contribution in [0.25, 0.3) is 10.8 Å². The van der Waals surface area contributed by atoms with Gasteiger partial charge < -0.3 is 10.1 Å². The minimum Gasteiger partial charge on any atom is -0.468 e. The molecule has 3 heteroatoms. The first kappa shape index (κ1) is 14.5. The van der Waals surface area contributed by atoms with Crippen molar-refractivity contribution in [1.29, 1.82) is 0 Å². The van der Waals surface area contributed by atoms with E-state index in [-0.39, 0.29) is 18.1 Å². The van der Waals surface area contributed by atoms with Gasteiger partial charge in [-0.05, 0) is 22.8 Å². The van der Waals surface area contributed by atoms with Crippen molar-refractivity contribution in [2.75, 3.05) is 7.11 Å². The summed E-state index contributed by atoms with van der Waals surface area (Å²) < 4.78 is 4.87. The van der Waals surface area contributed by atoms with Crippen LogP contribution in [-0.4, -0.2) is 25.2 Å². The van der Waals surface area contributed by atoms with Crippen molar-refractivity contribution in [2.45, 2.75) is 32.4 Å². The number of fused-ring (bicyclic) bond motifs is 1. The fourth-order valence-electron chi connectivity index (χ4n) is 2.36. The molecule has 20 heavy (non-hydrogen) atoms. The second kappa shape index (κ2) is 6.53. The van der Waals surface area contributed by atoms with E-state index in [0.29, 0.717) is 6.42 Å². The molecular formula is C17H21NO2. The molecule has 1 atom stereocenters. The van der Waals surface area contributed by atoms with Crippen LogP contribution >= 0.6 is 0 Å². The molecule has 0 saturated carbocycles. The standard InChI is InChI=1S/C17H21NO2/c1-12(2)18-16(17(19)20-3)11-13-8-9-14-6-4-5-7-15(14)10-13/h4-10,12,16,18H,11H2,1-3H3/t16-/m0/s1. The van der Waals surface area contributed by atoms with Gasteiger partial charge in [0, 0.05) is 6.04 Å². The monoisotopic (exact) mass is 271 g/mol. The number of hydrogen-bond acceptors (Lipinski definition) is 3. The quantitative estimate of drug-likeness (QED) is 0.850. The average Bonchev–Trinajstić information content (AvgIpc) is 2.45. The Bertz CT molecular complexity index is 592. The van der Waals surface area contributed by atoms with Crippen LogP contribution in [-0.2, 0) is 16.0 Å². The van der Waals surface area contributed by atoms with Crippen molar-refractivity contribution in [3.63, 3.8) is 0 Å². The fourth-order valence-corrected chi connectivity index (χ4v) is 2.36. The van der Waals surface area contributed by atoms with Gasteiger partial charge in [-0.15, -0.1) is 0 Å². The molecule has 0 bridgehead atoms. The van der Waals surface area contributed by atoms with Crippen molar-refractivity contribution in [2.24, 2.45) is 0 Å². The highest BCUT2D eigenvalue weighted by molar-refractivity contribution is 5.83. The highest BCUT2D eigenvalue weighted by atomic mass is 16.5. The van der Waals surface area contributed by atoms with Crippen LogP contribution in [0.15, 0.2) is 42.5 Å². The zero-order valence-corrected chi connectivity index (χ0v) is 12.2. The lowest BCUT2D eigenvalue weighted by molar-refractivity contribution is -0.143. The maximum absolute atomic E-state index is 11.8. The summed E-state index contributed by atoms with van der Waals surface area (Å²) in [5, 5.41) is 5.66. The average molecular weight is 271 g/mol. The topological polar surface area (TPSA) is 38.3 Å². The molecule has 2 aromatic rings. The molecule has 0 aromatic heterocycles. The van der Waals surface area contributed by atoms with Gasteiger partial charge in [0.05, 0.1) is 7.11 Å². The molecule has 0 heterocycles. The van der Waals surface area contributed by atoms with Crippen molar-refractivity contribution in [3.05, 3.63) is 48.0 Å². The van der Waals surface area contributed by atoms with Gasteiger partial charge in [-0.3, -0.25) is 4.79 Å². The summed E-state index contributed by atoms with van der Waals surface area (Å²) in [6.45, 7) is 4.05. The Kier molecular flexibility index (Phi) is 4.74. The third kappa shape index (κ3) is 3.58. The summed E-state index contributed by atoms with van der Waals surface area (Å²) in [4.78, 5) is 11.8. The normalized spacial score (nSPS) is 12.6. The number of esters is 1. The maximum atomic E-state index is 11.8. The summed E-state index contributed by atoms with van der Waals surface area (Å²) in [6, 6.07) is 14.4. The van der Waals surface area contributed by atoms with E-state index in [4.69, 9.17) is 4.74 Å². The van der Waals surface area contributed by atoms with Crippen LogP contribution in [0.5, 0.6) is 0 Å². The van der Waals surface area contributed by atoms with Crippen LogP contribution in [0.2, 0.25) is 0 Å². The Labute approximate surface area is 119 Å². The van der Waals surface area contributed by atoms with Crippen molar-refractivity contribution >= 4 is 16.7 Å². The lowest BCUT2D eigenvalue weighted by atomic mass is 10.0. The van der Waals surface area contributed by atoms with E-state index < -0.39 is 0 Å². The summed E-state index contributed by atoms with van der Waals surface area (Å²) >= 11 is 0. The largest absolute Gasteiger partial charge is 0.468 e. The van der Waals surface area contributed by atoms with E-state index in [1.165, 1.54) is 17.9 Å². The zero-order valence-electron chi connectivity index (χ0n) is 12.2. The molecule has 2 aromatic carbocycles. The molecule has 106 valence electrons. The molecule has 1 N–H and O–H groups in total. The van der Waals surface area contributed by atoms with E-state index in [1.807, 2.05) is 26.0 Å². The Morgan fingerprint density at radius 1 is 1.15 bits per heavy atom. The molecule has 0 aliphatic heterocycles. The molecule has 0 spiro atoms. The van der Waals surface area contributed by atoms with Gasteiger partial charge in [-0.25, -0.2) is 0 Å². The van der Waals surface area contributed by atoms with Crippen molar-refractivity contribution in [1.82, 2.24) is 5.32 Å². The second-order valence-corrected chi connectivity index (χ2v) is 5.28. The Morgan fingerprint density at radius 3 is 2.50 bits per heavy atom. The molecule has 0 amide bonds. The first-order chi connectivity index (χ1) is 9.60. The molecule has 0 radical (unpaired) electrons. The Hall–Kier alpha value is -1.87. The first-order valence-electron chi connectivity index (χ1n) is 6.91. The number of carbonyl (C=O) groups is 1. The molecule has 0 fully saturated rings. The van der Waals surface area contributed by atoms with E-state index in [1.54, 1.807) is 0 Å². The van der Waals surface area contributed by atoms with Crippen molar-refractivity contribution in [3.8, 4) is 0 Å². The molecule has 0 aliphatic carbocycles. The maximum Gasteiger partial charge on any atom is 0.323 e. The smallest absolute Gasteiger partial charge is 0.323 e. The van der Waals surface area contributed by atoms with Crippen LogP contribution in [0.3, 0.4) is 0 Å².